The number of nitrogens with zero attached hydrogens (tertiary/aromatic N) is 1. The number of pyridine rings is 1. The monoisotopic (exact) mass is 288 g/mol. The minimum atomic E-state index is -0.0305. The molecule has 0 saturated heterocycles. The SMILES string of the molecule is Clc1cncc(OC(CNC2CC2)c2ccccc2)c1. The second kappa shape index (κ2) is 6.25. The van der Waals surface area contributed by atoms with E-state index in [1.54, 1.807) is 18.5 Å². The Bertz CT molecular complexity index is 557. The van der Waals surface area contributed by atoms with Gasteiger partial charge < -0.3 is 10.1 Å². The van der Waals surface area contributed by atoms with Crippen LogP contribution in [0.5, 0.6) is 5.75 Å². The van der Waals surface area contributed by atoms with Gasteiger partial charge in [0.25, 0.3) is 0 Å². The van der Waals surface area contributed by atoms with Crippen molar-refractivity contribution in [2.75, 3.05) is 6.54 Å². The molecule has 1 heterocycles. The van der Waals surface area contributed by atoms with Crippen LogP contribution in [0.2, 0.25) is 5.02 Å². The van der Waals surface area contributed by atoms with Gasteiger partial charge in [-0.25, -0.2) is 0 Å². The van der Waals surface area contributed by atoms with Crippen LogP contribution in [-0.4, -0.2) is 17.6 Å². The molecule has 1 N–H and O–H groups in total. The largest absolute Gasteiger partial charge is 0.483 e. The van der Waals surface area contributed by atoms with Crippen molar-refractivity contribution in [2.24, 2.45) is 0 Å². The van der Waals surface area contributed by atoms with Crippen LogP contribution in [0.1, 0.15) is 24.5 Å². The summed E-state index contributed by atoms with van der Waals surface area (Å²) in [5.74, 6) is 0.698. The van der Waals surface area contributed by atoms with E-state index in [1.165, 1.54) is 12.8 Å². The van der Waals surface area contributed by atoms with Gasteiger partial charge in [-0.3, -0.25) is 4.98 Å². The Morgan fingerprint density at radius 1 is 1.25 bits per heavy atom. The van der Waals surface area contributed by atoms with Crippen molar-refractivity contribution >= 4 is 11.6 Å². The summed E-state index contributed by atoms with van der Waals surface area (Å²) in [6, 6.07) is 12.7. The number of aromatic nitrogens is 1. The smallest absolute Gasteiger partial charge is 0.140 e. The molecule has 0 bridgehead atoms. The number of rotatable bonds is 6. The number of ether oxygens (including phenoxy) is 1. The highest BCUT2D eigenvalue weighted by molar-refractivity contribution is 6.30. The topological polar surface area (TPSA) is 34.1 Å². The van der Waals surface area contributed by atoms with Crippen LogP contribution in [0.25, 0.3) is 0 Å². The van der Waals surface area contributed by atoms with Gasteiger partial charge in [0.2, 0.25) is 0 Å². The second-order valence-corrected chi connectivity index (χ2v) is 5.47. The van der Waals surface area contributed by atoms with Gasteiger partial charge >= 0.3 is 0 Å². The molecule has 0 amide bonds. The molecule has 3 rings (SSSR count). The lowest BCUT2D eigenvalue weighted by molar-refractivity contribution is 0.200. The fourth-order valence-electron chi connectivity index (χ4n) is 2.08. The lowest BCUT2D eigenvalue weighted by Gasteiger charge is -2.20. The molecule has 1 atom stereocenters. The summed E-state index contributed by atoms with van der Waals surface area (Å²) < 4.78 is 6.05. The van der Waals surface area contributed by atoms with Crippen molar-refractivity contribution in [3.8, 4) is 5.75 Å². The molecule has 0 aliphatic heterocycles. The fourth-order valence-corrected chi connectivity index (χ4v) is 2.24. The first-order valence-electron chi connectivity index (χ1n) is 6.87. The molecule has 20 heavy (non-hydrogen) atoms. The van der Waals surface area contributed by atoms with Gasteiger partial charge in [-0.05, 0) is 18.4 Å². The Balaban J connectivity index is 1.73. The van der Waals surface area contributed by atoms with Crippen LogP contribution in [0, 0.1) is 0 Å². The van der Waals surface area contributed by atoms with Crippen molar-refractivity contribution in [1.29, 1.82) is 0 Å². The Kier molecular flexibility index (Phi) is 4.19. The van der Waals surface area contributed by atoms with Gasteiger partial charge in [-0.1, -0.05) is 41.9 Å². The molecule has 1 aliphatic rings. The van der Waals surface area contributed by atoms with Gasteiger partial charge in [0, 0.05) is 24.8 Å². The van der Waals surface area contributed by atoms with E-state index < -0.39 is 0 Å². The van der Waals surface area contributed by atoms with Gasteiger partial charge in [-0.15, -0.1) is 0 Å². The summed E-state index contributed by atoms with van der Waals surface area (Å²) in [5, 5.41) is 4.10. The van der Waals surface area contributed by atoms with E-state index in [4.69, 9.17) is 16.3 Å². The van der Waals surface area contributed by atoms with E-state index in [2.05, 4.69) is 22.4 Å². The molecule has 1 aliphatic carbocycles. The standard InChI is InChI=1S/C16H17ClN2O/c17-13-8-15(10-18-9-13)20-16(11-19-14-6-7-14)12-4-2-1-3-5-12/h1-5,8-10,14,16,19H,6-7,11H2. The van der Waals surface area contributed by atoms with Crippen LogP contribution < -0.4 is 10.1 Å². The molecule has 3 nitrogen and oxygen atoms in total. The summed E-state index contributed by atoms with van der Waals surface area (Å²) in [6.07, 6.45) is 5.80. The number of hydrogen-bond donors (Lipinski definition) is 1. The van der Waals surface area contributed by atoms with Crippen molar-refractivity contribution in [3.05, 3.63) is 59.4 Å². The minimum absolute atomic E-state index is 0.0305. The first-order chi connectivity index (χ1) is 9.81. The molecular formula is C16H17ClN2O. The lowest BCUT2D eigenvalue weighted by Crippen LogP contribution is -2.26. The molecule has 1 aromatic heterocycles. The third-order valence-electron chi connectivity index (χ3n) is 3.30. The van der Waals surface area contributed by atoms with E-state index in [0.717, 1.165) is 12.1 Å². The maximum Gasteiger partial charge on any atom is 0.140 e. The van der Waals surface area contributed by atoms with Crippen LogP contribution in [0.3, 0.4) is 0 Å². The third-order valence-corrected chi connectivity index (χ3v) is 3.51. The van der Waals surface area contributed by atoms with Gasteiger partial charge in [0.1, 0.15) is 11.9 Å². The molecule has 1 fully saturated rings. The van der Waals surface area contributed by atoms with E-state index in [0.29, 0.717) is 16.8 Å². The molecule has 1 unspecified atom stereocenters. The van der Waals surface area contributed by atoms with E-state index in [-0.39, 0.29) is 6.10 Å². The average molecular weight is 289 g/mol. The molecular weight excluding hydrogens is 272 g/mol. The van der Waals surface area contributed by atoms with Gasteiger partial charge in [0.05, 0.1) is 11.2 Å². The Labute approximate surface area is 123 Å². The molecule has 2 aromatic rings. The molecule has 0 spiro atoms. The summed E-state index contributed by atoms with van der Waals surface area (Å²) >= 11 is 5.95. The Hall–Kier alpha value is -1.58. The van der Waals surface area contributed by atoms with Crippen molar-refractivity contribution in [2.45, 2.75) is 25.0 Å². The molecule has 0 radical (unpaired) electrons. The molecule has 1 saturated carbocycles. The second-order valence-electron chi connectivity index (χ2n) is 5.04. The molecule has 1 aromatic carbocycles. The lowest BCUT2D eigenvalue weighted by atomic mass is 10.1. The van der Waals surface area contributed by atoms with Crippen molar-refractivity contribution in [1.82, 2.24) is 10.3 Å². The number of hydrogen-bond acceptors (Lipinski definition) is 3. The molecule has 104 valence electrons. The normalized spacial score (nSPS) is 15.8. The highest BCUT2D eigenvalue weighted by Gasteiger charge is 2.23. The van der Waals surface area contributed by atoms with E-state index >= 15 is 0 Å². The average Bonchev–Trinajstić information content (AvgIpc) is 3.29. The van der Waals surface area contributed by atoms with Crippen molar-refractivity contribution < 1.29 is 4.74 Å². The first kappa shape index (κ1) is 13.4. The van der Waals surface area contributed by atoms with Gasteiger partial charge in [-0.2, -0.15) is 0 Å². The zero-order chi connectivity index (χ0) is 13.8. The van der Waals surface area contributed by atoms with Crippen LogP contribution >= 0.6 is 11.6 Å². The zero-order valence-corrected chi connectivity index (χ0v) is 11.9. The summed E-state index contributed by atoms with van der Waals surface area (Å²) in [5.41, 5.74) is 1.15. The summed E-state index contributed by atoms with van der Waals surface area (Å²) in [4.78, 5) is 4.06. The van der Waals surface area contributed by atoms with E-state index in [9.17, 15) is 0 Å². The Morgan fingerprint density at radius 3 is 2.75 bits per heavy atom. The number of halogens is 1. The number of nitrogens with one attached hydrogen (secondary N) is 1. The maximum atomic E-state index is 6.05. The maximum absolute atomic E-state index is 6.05. The summed E-state index contributed by atoms with van der Waals surface area (Å²) in [7, 11) is 0. The van der Waals surface area contributed by atoms with Crippen LogP contribution in [0.15, 0.2) is 48.8 Å². The Morgan fingerprint density at radius 2 is 2.05 bits per heavy atom. The fraction of sp³-hybridized carbons (Fsp3) is 0.312. The summed E-state index contributed by atoms with van der Waals surface area (Å²) in [6.45, 7) is 0.793. The first-order valence-corrected chi connectivity index (χ1v) is 7.24. The van der Waals surface area contributed by atoms with Crippen molar-refractivity contribution in [3.63, 3.8) is 0 Å². The third kappa shape index (κ3) is 3.71. The highest BCUT2D eigenvalue weighted by atomic mass is 35.5. The van der Waals surface area contributed by atoms with E-state index in [1.807, 2.05) is 18.2 Å². The van der Waals surface area contributed by atoms with Crippen LogP contribution in [0.4, 0.5) is 0 Å². The number of benzene rings is 1. The zero-order valence-electron chi connectivity index (χ0n) is 11.1. The van der Waals surface area contributed by atoms with Gasteiger partial charge in [0.15, 0.2) is 0 Å². The highest BCUT2D eigenvalue weighted by Crippen LogP contribution is 2.25. The quantitative estimate of drug-likeness (QED) is 0.882. The predicted molar refractivity (Wildman–Crippen MR) is 80.1 cm³/mol. The molecule has 4 heteroatoms. The predicted octanol–water partition coefficient (Wildman–Crippen LogP) is 3.61. The minimum Gasteiger partial charge on any atom is -0.483 e. The van der Waals surface area contributed by atoms with Crippen LogP contribution in [-0.2, 0) is 0 Å².